The molecule has 0 spiro atoms. The summed E-state index contributed by atoms with van der Waals surface area (Å²) in [6.45, 7) is 2.22. The average Bonchev–Trinajstić information content (AvgIpc) is 3.06. The Labute approximate surface area is 148 Å². The molecule has 0 radical (unpaired) electrons. The summed E-state index contributed by atoms with van der Waals surface area (Å²) in [5, 5.41) is 6.37. The standard InChI is InChI=1S/C17H26N4O4/c1-21(2)16(22)11-20-17(19-8-9-23-3)18-7-6-13-4-5-14-15(10-13)25-12-24-14/h4-5,10H,6-9,11-12H2,1-3H3,(H2,18,19,20). The van der Waals surface area contributed by atoms with Gasteiger partial charge in [0.2, 0.25) is 12.7 Å². The average molecular weight is 350 g/mol. The summed E-state index contributed by atoms with van der Waals surface area (Å²) < 4.78 is 15.7. The summed E-state index contributed by atoms with van der Waals surface area (Å²) >= 11 is 0. The van der Waals surface area contributed by atoms with Gasteiger partial charge in [-0.1, -0.05) is 6.07 Å². The van der Waals surface area contributed by atoms with Crippen molar-refractivity contribution < 1.29 is 19.0 Å². The summed E-state index contributed by atoms with van der Waals surface area (Å²) in [6.07, 6.45) is 0.795. The van der Waals surface area contributed by atoms with Gasteiger partial charge in [-0.25, -0.2) is 4.99 Å². The molecule has 0 fully saturated rings. The van der Waals surface area contributed by atoms with Gasteiger partial charge < -0.3 is 29.7 Å². The lowest BCUT2D eigenvalue weighted by Crippen LogP contribution is -2.40. The van der Waals surface area contributed by atoms with Gasteiger partial charge in [0.15, 0.2) is 17.5 Å². The number of methoxy groups -OCH3 is 1. The van der Waals surface area contributed by atoms with Crippen LogP contribution < -0.4 is 20.1 Å². The third kappa shape index (κ3) is 6.15. The molecule has 1 aliphatic rings. The number of hydrogen-bond acceptors (Lipinski definition) is 5. The maximum atomic E-state index is 11.7. The molecule has 1 amide bonds. The minimum absolute atomic E-state index is 0.0522. The van der Waals surface area contributed by atoms with Gasteiger partial charge in [-0.05, 0) is 24.1 Å². The zero-order valence-corrected chi connectivity index (χ0v) is 15.0. The zero-order chi connectivity index (χ0) is 18.1. The molecule has 0 bridgehead atoms. The van der Waals surface area contributed by atoms with Gasteiger partial charge in [-0.15, -0.1) is 0 Å². The Balaban J connectivity index is 1.85. The molecule has 0 atom stereocenters. The van der Waals surface area contributed by atoms with Gasteiger partial charge in [0.1, 0.15) is 6.54 Å². The first-order chi connectivity index (χ1) is 12.1. The van der Waals surface area contributed by atoms with Crippen LogP contribution in [0.5, 0.6) is 11.5 Å². The normalized spacial score (nSPS) is 12.8. The van der Waals surface area contributed by atoms with Gasteiger partial charge in [0, 0.05) is 34.3 Å². The Morgan fingerprint density at radius 3 is 2.76 bits per heavy atom. The summed E-state index contributed by atoms with van der Waals surface area (Å²) in [5.74, 6) is 2.10. The molecule has 0 unspecified atom stereocenters. The zero-order valence-electron chi connectivity index (χ0n) is 15.0. The predicted molar refractivity (Wildman–Crippen MR) is 95.1 cm³/mol. The minimum atomic E-state index is -0.0522. The van der Waals surface area contributed by atoms with Gasteiger partial charge in [-0.3, -0.25) is 4.79 Å². The fraction of sp³-hybridized carbons (Fsp3) is 0.529. The third-order valence-corrected chi connectivity index (χ3v) is 3.61. The van der Waals surface area contributed by atoms with Crippen LogP contribution in [0.25, 0.3) is 0 Å². The topological polar surface area (TPSA) is 84.4 Å². The van der Waals surface area contributed by atoms with Crippen molar-refractivity contribution in [2.75, 3.05) is 54.2 Å². The van der Waals surface area contributed by atoms with Gasteiger partial charge in [-0.2, -0.15) is 0 Å². The van der Waals surface area contributed by atoms with Gasteiger partial charge in [0.05, 0.1) is 6.61 Å². The lowest BCUT2D eigenvalue weighted by molar-refractivity contribution is -0.127. The van der Waals surface area contributed by atoms with Crippen molar-refractivity contribution in [1.82, 2.24) is 15.5 Å². The van der Waals surface area contributed by atoms with Crippen molar-refractivity contribution in [2.24, 2.45) is 4.99 Å². The second-order valence-electron chi connectivity index (χ2n) is 5.74. The van der Waals surface area contributed by atoms with Crippen LogP contribution in [-0.2, 0) is 16.0 Å². The molecule has 138 valence electrons. The predicted octanol–water partition coefficient (Wildman–Crippen LogP) is 0.228. The minimum Gasteiger partial charge on any atom is -0.454 e. The Morgan fingerprint density at radius 1 is 1.24 bits per heavy atom. The van der Waals surface area contributed by atoms with Crippen LogP contribution in [0.2, 0.25) is 0 Å². The van der Waals surface area contributed by atoms with E-state index < -0.39 is 0 Å². The second kappa shape index (κ2) is 9.73. The molecule has 0 aromatic heterocycles. The number of amides is 1. The molecule has 2 rings (SSSR count). The van der Waals surface area contributed by atoms with Crippen LogP contribution in [-0.4, -0.2) is 71.0 Å². The highest BCUT2D eigenvalue weighted by Crippen LogP contribution is 2.32. The van der Waals surface area contributed by atoms with Crippen LogP contribution in [0.3, 0.4) is 0 Å². The van der Waals surface area contributed by atoms with E-state index in [2.05, 4.69) is 15.6 Å². The number of likely N-dealkylation sites (N-methyl/N-ethyl adjacent to an activating group) is 1. The van der Waals surface area contributed by atoms with Gasteiger partial charge in [0.25, 0.3) is 0 Å². The smallest absolute Gasteiger partial charge is 0.243 e. The van der Waals surface area contributed by atoms with E-state index in [1.54, 1.807) is 21.2 Å². The van der Waals surface area contributed by atoms with Crippen molar-refractivity contribution in [1.29, 1.82) is 0 Å². The SMILES string of the molecule is COCCNC(=NCC(=O)N(C)C)NCCc1ccc2c(c1)OCO2. The summed E-state index contributed by atoms with van der Waals surface area (Å²) in [6, 6.07) is 5.91. The first-order valence-corrected chi connectivity index (χ1v) is 8.20. The number of benzene rings is 1. The summed E-state index contributed by atoms with van der Waals surface area (Å²) in [7, 11) is 5.06. The number of hydrogen-bond donors (Lipinski definition) is 2. The number of guanidine groups is 1. The van der Waals surface area contributed by atoms with Crippen molar-refractivity contribution in [3.8, 4) is 11.5 Å². The molecular weight excluding hydrogens is 324 g/mol. The lowest BCUT2D eigenvalue weighted by atomic mass is 10.1. The first kappa shape index (κ1) is 18.9. The Morgan fingerprint density at radius 2 is 2.00 bits per heavy atom. The third-order valence-electron chi connectivity index (χ3n) is 3.61. The highest BCUT2D eigenvalue weighted by atomic mass is 16.7. The number of ether oxygens (including phenoxy) is 3. The highest BCUT2D eigenvalue weighted by molar-refractivity contribution is 5.84. The Hall–Kier alpha value is -2.48. The van der Waals surface area contributed by atoms with E-state index in [9.17, 15) is 4.79 Å². The second-order valence-corrected chi connectivity index (χ2v) is 5.74. The molecule has 25 heavy (non-hydrogen) atoms. The molecule has 0 saturated carbocycles. The first-order valence-electron chi connectivity index (χ1n) is 8.20. The number of nitrogens with one attached hydrogen (secondary N) is 2. The number of carbonyl (C=O) groups is 1. The number of fused-ring (bicyclic) bond motifs is 1. The monoisotopic (exact) mass is 350 g/mol. The number of aliphatic imine (C=N–C) groups is 1. The molecule has 1 heterocycles. The van der Waals surface area contributed by atoms with Crippen molar-refractivity contribution in [3.05, 3.63) is 23.8 Å². The van der Waals surface area contributed by atoms with Crippen LogP contribution in [0.4, 0.5) is 0 Å². The Bertz CT molecular complexity index is 604. The van der Waals surface area contributed by atoms with Crippen molar-refractivity contribution in [2.45, 2.75) is 6.42 Å². The summed E-state index contributed by atoms with van der Waals surface area (Å²) in [4.78, 5) is 17.5. The van der Waals surface area contributed by atoms with Crippen LogP contribution in [0.1, 0.15) is 5.56 Å². The van der Waals surface area contributed by atoms with Crippen LogP contribution >= 0.6 is 0 Å². The largest absolute Gasteiger partial charge is 0.454 e. The lowest BCUT2D eigenvalue weighted by Gasteiger charge is -2.13. The number of rotatable bonds is 8. The summed E-state index contributed by atoms with van der Waals surface area (Å²) in [5.41, 5.74) is 1.14. The van der Waals surface area contributed by atoms with E-state index >= 15 is 0 Å². The number of nitrogens with zero attached hydrogens (tertiary/aromatic N) is 2. The quantitative estimate of drug-likeness (QED) is 0.397. The Kier molecular flexibility index (Phi) is 7.34. The fourth-order valence-electron chi connectivity index (χ4n) is 2.16. The molecule has 0 aliphatic carbocycles. The van der Waals surface area contributed by atoms with E-state index in [1.165, 1.54) is 4.90 Å². The van der Waals surface area contributed by atoms with E-state index in [0.717, 1.165) is 23.5 Å². The number of carbonyl (C=O) groups excluding carboxylic acids is 1. The molecular formula is C17H26N4O4. The van der Waals surface area contributed by atoms with Crippen LogP contribution in [0, 0.1) is 0 Å². The maximum Gasteiger partial charge on any atom is 0.243 e. The molecule has 1 aliphatic heterocycles. The molecule has 1 aromatic carbocycles. The van der Waals surface area contributed by atoms with E-state index in [-0.39, 0.29) is 19.2 Å². The highest BCUT2D eigenvalue weighted by Gasteiger charge is 2.13. The molecule has 8 nitrogen and oxygen atoms in total. The molecule has 2 N–H and O–H groups in total. The van der Waals surface area contributed by atoms with Crippen LogP contribution in [0.15, 0.2) is 23.2 Å². The maximum absolute atomic E-state index is 11.7. The van der Waals surface area contributed by atoms with Crippen molar-refractivity contribution in [3.63, 3.8) is 0 Å². The molecule has 1 aromatic rings. The van der Waals surface area contributed by atoms with Crippen molar-refractivity contribution >= 4 is 11.9 Å². The van der Waals surface area contributed by atoms with E-state index in [0.29, 0.717) is 25.7 Å². The van der Waals surface area contributed by atoms with Gasteiger partial charge >= 0.3 is 0 Å². The molecule has 8 heteroatoms. The van der Waals surface area contributed by atoms with E-state index in [1.807, 2.05) is 18.2 Å². The van der Waals surface area contributed by atoms with E-state index in [4.69, 9.17) is 14.2 Å². The fourth-order valence-corrected chi connectivity index (χ4v) is 2.16. The molecule has 0 saturated heterocycles.